The van der Waals surface area contributed by atoms with Crippen LogP contribution in [0.4, 0.5) is 4.39 Å². The molecule has 0 aromatic heterocycles. The zero-order valence-corrected chi connectivity index (χ0v) is 14.3. The summed E-state index contributed by atoms with van der Waals surface area (Å²) in [6.45, 7) is 1.91. The van der Waals surface area contributed by atoms with Crippen molar-refractivity contribution in [3.8, 4) is 11.5 Å². The smallest absolute Gasteiger partial charge is 0.163 e. The van der Waals surface area contributed by atoms with Gasteiger partial charge in [-0.1, -0.05) is 39.7 Å². The Labute approximate surface area is 137 Å². The SMILES string of the molecule is COc1cc(F)c(C(Br)c2cccc(Cl)c2C)cc1OC. The molecule has 0 aliphatic carbocycles. The van der Waals surface area contributed by atoms with Crippen molar-refractivity contribution in [1.29, 1.82) is 0 Å². The first-order valence-corrected chi connectivity index (χ1v) is 7.59. The minimum absolute atomic E-state index is 0.323. The zero-order valence-electron chi connectivity index (χ0n) is 11.9. The second kappa shape index (κ2) is 6.67. The molecule has 0 spiro atoms. The summed E-state index contributed by atoms with van der Waals surface area (Å²) in [5, 5.41) is 0.651. The van der Waals surface area contributed by atoms with Gasteiger partial charge in [0.15, 0.2) is 11.5 Å². The molecule has 0 aliphatic rings. The van der Waals surface area contributed by atoms with Crippen LogP contribution in [0.15, 0.2) is 30.3 Å². The van der Waals surface area contributed by atoms with Crippen LogP contribution in [-0.2, 0) is 0 Å². The Balaban J connectivity index is 2.53. The van der Waals surface area contributed by atoms with Gasteiger partial charge in [-0.2, -0.15) is 0 Å². The highest BCUT2D eigenvalue weighted by Crippen LogP contribution is 2.40. The van der Waals surface area contributed by atoms with Crippen LogP contribution in [0.2, 0.25) is 5.02 Å². The van der Waals surface area contributed by atoms with Crippen LogP contribution in [0, 0.1) is 12.7 Å². The molecule has 112 valence electrons. The van der Waals surface area contributed by atoms with E-state index in [1.54, 1.807) is 6.07 Å². The van der Waals surface area contributed by atoms with Crippen LogP contribution in [0.25, 0.3) is 0 Å². The van der Waals surface area contributed by atoms with E-state index in [0.717, 1.165) is 11.1 Å². The molecule has 2 rings (SSSR count). The topological polar surface area (TPSA) is 18.5 Å². The number of alkyl halides is 1. The summed E-state index contributed by atoms with van der Waals surface area (Å²) < 4.78 is 24.7. The van der Waals surface area contributed by atoms with Gasteiger partial charge in [-0.15, -0.1) is 0 Å². The third-order valence-corrected chi connectivity index (χ3v) is 4.75. The van der Waals surface area contributed by atoms with E-state index in [9.17, 15) is 4.39 Å². The summed E-state index contributed by atoms with van der Waals surface area (Å²) >= 11 is 9.68. The Bertz CT molecular complexity index is 661. The minimum Gasteiger partial charge on any atom is -0.493 e. The van der Waals surface area contributed by atoms with Gasteiger partial charge in [-0.25, -0.2) is 4.39 Å². The predicted octanol–water partition coefficient (Wildman–Crippen LogP) is 5.29. The predicted molar refractivity (Wildman–Crippen MR) is 86.5 cm³/mol. The van der Waals surface area contributed by atoms with Crippen molar-refractivity contribution in [2.24, 2.45) is 0 Å². The summed E-state index contributed by atoms with van der Waals surface area (Å²) in [4.78, 5) is -0.323. The van der Waals surface area contributed by atoms with Gasteiger partial charge >= 0.3 is 0 Å². The Morgan fingerprint density at radius 3 is 2.33 bits per heavy atom. The quantitative estimate of drug-likeness (QED) is 0.678. The summed E-state index contributed by atoms with van der Waals surface area (Å²) in [6, 6.07) is 8.52. The molecule has 0 aliphatic heterocycles. The van der Waals surface area contributed by atoms with E-state index in [1.165, 1.54) is 20.3 Å². The van der Waals surface area contributed by atoms with Crippen molar-refractivity contribution in [2.45, 2.75) is 11.8 Å². The van der Waals surface area contributed by atoms with Gasteiger partial charge in [-0.3, -0.25) is 0 Å². The molecule has 0 saturated carbocycles. The van der Waals surface area contributed by atoms with E-state index in [4.69, 9.17) is 21.1 Å². The number of rotatable bonds is 4. The van der Waals surface area contributed by atoms with Crippen LogP contribution >= 0.6 is 27.5 Å². The lowest BCUT2D eigenvalue weighted by Crippen LogP contribution is -2.01. The number of hydrogen-bond acceptors (Lipinski definition) is 2. The zero-order chi connectivity index (χ0) is 15.6. The maximum Gasteiger partial charge on any atom is 0.163 e. The first-order valence-electron chi connectivity index (χ1n) is 6.30. The van der Waals surface area contributed by atoms with Gasteiger partial charge in [-0.05, 0) is 30.2 Å². The maximum atomic E-state index is 14.3. The van der Waals surface area contributed by atoms with Crippen molar-refractivity contribution < 1.29 is 13.9 Å². The molecule has 0 N–H and O–H groups in total. The van der Waals surface area contributed by atoms with E-state index < -0.39 is 0 Å². The Hall–Kier alpha value is -1.26. The third kappa shape index (κ3) is 3.16. The Kier molecular flexibility index (Phi) is 5.12. The lowest BCUT2D eigenvalue weighted by Gasteiger charge is -2.17. The fourth-order valence-corrected chi connectivity index (χ4v) is 3.16. The van der Waals surface area contributed by atoms with Crippen molar-refractivity contribution in [3.63, 3.8) is 0 Å². The largest absolute Gasteiger partial charge is 0.493 e. The Morgan fingerprint density at radius 1 is 1.10 bits per heavy atom. The maximum absolute atomic E-state index is 14.3. The average molecular weight is 374 g/mol. The summed E-state index contributed by atoms with van der Waals surface area (Å²) in [7, 11) is 3.00. The molecule has 0 amide bonds. The molecule has 1 unspecified atom stereocenters. The lowest BCUT2D eigenvalue weighted by molar-refractivity contribution is 0.351. The van der Waals surface area contributed by atoms with E-state index in [1.807, 2.05) is 25.1 Å². The van der Waals surface area contributed by atoms with Gasteiger partial charge < -0.3 is 9.47 Å². The molecule has 2 nitrogen and oxygen atoms in total. The van der Waals surface area contributed by atoms with Crippen LogP contribution in [-0.4, -0.2) is 14.2 Å². The molecular weight excluding hydrogens is 359 g/mol. The van der Waals surface area contributed by atoms with E-state index in [-0.39, 0.29) is 10.6 Å². The van der Waals surface area contributed by atoms with Gasteiger partial charge in [0.25, 0.3) is 0 Å². The summed E-state index contributed by atoms with van der Waals surface area (Å²) in [5.41, 5.74) is 2.29. The fourth-order valence-electron chi connectivity index (χ4n) is 2.13. The Morgan fingerprint density at radius 2 is 1.71 bits per heavy atom. The van der Waals surface area contributed by atoms with Gasteiger partial charge in [0.1, 0.15) is 5.82 Å². The molecule has 0 fully saturated rings. The molecule has 2 aromatic rings. The molecule has 0 saturated heterocycles. The standard InChI is InChI=1S/C16H15BrClFO2/c1-9-10(5-4-6-12(9)18)16(17)11-7-14(20-2)15(21-3)8-13(11)19/h4-8,16H,1-3H3. The van der Waals surface area contributed by atoms with Crippen LogP contribution < -0.4 is 9.47 Å². The molecule has 0 radical (unpaired) electrons. The molecule has 21 heavy (non-hydrogen) atoms. The molecular formula is C16H15BrClFO2. The lowest BCUT2D eigenvalue weighted by atomic mass is 9.99. The second-order valence-corrected chi connectivity index (χ2v) is 5.87. The van der Waals surface area contributed by atoms with Crippen LogP contribution in [0.3, 0.4) is 0 Å². The normalized spacial score (nSPS) is 12.1. The molecule has 0 heterocycles. The summed E-state index contributed by atoms with van der Waals surface area (Å²) in [5.74, 6) is 0.480. The molecule has 2 aromatic carbocycles. The highest BCUT2D eigenvalue weighted by Gasteiger charge is 2.20. The van der Waals surface area contributed by atoms with Gasteiger partial charge in [0.05, 0.1) is 19.0 Å². The number of ether oxygens (including phenoxy) is 2. The van der Waals surface area contributed by atoms with E-state index in [0.29, 0.717) is 22.1 Å². The van der Waals surface area contributed by atoms with Crippen LogP contribution in [0.5, 0.6) is 11.5 Å². The van der Waals surface area contributed by atoms with Gasteiger partial charge in [0, 0.05) is 16.7 Å². The monoisotopic (exact) mass is 372 g/mol. The molecule has 0 bridgehead atoms. The minimum atomic E-state index is -0.367. The number of benzene rings is 2. The first kappa shape index (κ1) is 16.1. The first-order chi connectivity index (χ1) is 9.99. The molecule has 5 heteroatoms. The van der Waals surface area contributed by atoms with Crippen molar-refractivity contribution in [2.75, 3.05) is 14.2 Å². The number of methoxy groups -OCH3 is 2. The van der Waals surface area contributed by atoms with Crippen molar-refractivity contribution in [3.05, 3.63) is 57.9 Å². The van der Waals surface area contributed by atoms with Crippen molar-refractivity contribution >= 4 is 27.5 Å². The summed E-state index contributed by atoms with van der Waals surface area (Å²) in [6.07, 6.45) is 0. The molecule has 1 atom stereocenters. The number of hydrogen-bond donors (Lipinski definition) is 0. The highest BCUT2D eigenvalue weighted by molar-refractivity contribution is 9.09. The van der Waals surface area contributed by atoms with E-state index >= 15 is 0 Å². The number of halogens is 3. The van der Waals surface area contributed by atoms with E-state index in [2.05, 4.69) is 15.9 Å². The van der Waals surface area contributed by atoms with Crippen LogP contribution in [0.1, 0.15) is 21.5 Å². The fraction of sp³-hybridized carbons (Fsp3) is 0.250. The highest BCUT2D eigenvalue weighted by atomic mass is 79.9. The van der Waals surface area contributed by atoms with Gasteiger partial charge in [0.2, 0.25) is 0 Å². The second-order valence-electron chi connectivity index (χ2n) is 4.55. The van der Waals surface area contributed by atoms with Crippen molar-refractivity contribution in [1.82, 2.24) is 0 Å². The third-order valence-electron chi connectivity index (χ3n) is 3.36. The average Bonchev–Trinajstić information content (AvgIpc) is 2.49.